The number of carboxylic acids is 1. The second kappa shape index (κ2) is 7.47. The summed E-state index contributed by atoms with van der Waals surface area (Å²) >= 11 is 0. The third-order valence-electron chi connectivity index (χ3n) is 5.41. The van der Waals surface area contributed by atoms with Crippen LogP contribution in [0.3, 0.4) is 0 Å². The molecule has 0 aromatic rings. The van der Waals surface area contributed by atoms with Crippen LogP contribution < -0.4 is 0 Å². The Bertz CT molecular complexity index is 366. The van der Waals surface area contributed by atoms with Crippen molar-refractivity contribution < 1.29 is 9.90 Å². The number of hydrogen-bond acceptors (Lipinski definition) is 1. The lowest BCUT2D eigenvalue weighted by molar-refractivity contribution is -0.148. The Morgan fingerprint density at radius 2 is 1.62 bits per heavy atom. The van der Waals surface area contributed by atoms with E-state index in [9.17, 15) is 9.90 Å². The highest BCUT2D eigenvalue weighted by molar-refractivity contribution is 5.73. The molecule has 0 spiro atoms. The molecule has 0 aliphatic carbocycles. The van der Waals surface area contributed by atoms with E-state index in [1.807, 2.05) is 13.8 Å². The van der Waals surface area contributed by atoms with Gasteiger partial charge < -0.3 is 5.11 Å². The quantitative estimate of drug-likeness (QED) is 0.536. The number of rotatable bonds is 9. The minimum atomic E-state index is -0.705. The van der Waals surface area contributed by atoms with E-state index in [1.54, 1.807) is 0 Å². The molecule has 0 heterocycles. The Hall–Kier alpha value is -0.790. The average molecular weight is 296 g/mol. The van der Waals surface area contributed by atoms with Crippen LogP contribution in [0.2, 0.25) is 0 Å². The zero-order valence-corrected chi connectivity index (χ0v) is 15.4. The van der Waals surface area contributed by atoms with Crippen LogP contribution in [0.5, 0.6) is 0 Å². The van der Waals surface area contributed by atoms with Crippen molar-refractivity contribution in [3.63, 3.8) is 0 Å². The van der Waals surface area contributed by atoms with Gasteiger partial charge in [0.05, 0.1) is 5.41 Å². The number of hydrogen-bond donors (Lipinski definition) is 1. The number of carboxylic acid groups (broad SMARTS) is 1. The molecule has 124 valence electrons. The maximum absolute atomic E-state index is 11.3. The van der Waals surface area contributed by atoms with Crippen LogP contribution in [0, 0.1) is 22.2 Å². The molecule has 0 aliphatic rings. The average Bonchev–Trinajstić information content (AvgIpc) is 2.37. The van der Waals surface area contributed by atoms with Gasteiger partial charge in [-0.15, -0.1) is 0 Å². The molecule has 2 heteroatoms. The molecule has 2 atom stereocenters. The Morgan fingerprint density at radius 1 is 1.10 bits per heavy atom. The van der Waals surface area contributed by atoms with Crippen LogP contribution in [-0.4, -0.2) is 11.1 Å². The Morgan fingerprint density at radius 3 is 2.00 bits per heavy atom. The molecule has 0 aromatic carbocycles. The van der Waals surface area contributed by atoms with E-state index in [4.69, 9.17) is 0 Å². The van der Waals surface area contributed by atoms with Crippen LogP contribution in [0.15, 0.2) is 12.2 Å². The first-order chi connectivity index (χ1) is 9.40. The molecule has 0 saturated carbocycles. The molecule has 2 unspecified atom stereocenters. The van der Waals surface area contributed by atoms with Gasteiger partial charge in [-0.05, 0) is 49.9 Å². The highest BCUT2D eigenvalue weighted by Crippen LogP contribution is 2.40. The molecule has 0 amide bonds. The fourth-order valence-corrected chi connectivity index (χ4v) is 2.51. The maximum Gasteiger partial charge on any atom is 0.309 e. The van der Waals surface area contributed by atoms with E-state index in [0.29, 0.717) is 17.8 Å². The van der Waals surface area contributed by atoms with Gasteiger partial charge >= 0.3 is 5.97 Å². The summed E-state index contributed by atoms with van der Waals surface area (Å²) < 4.78 is 0. The third kappa shape index (κ3) is 6.23. The Labute approximate surface area is 132 Å². The number of carbonyl (C=O) groups is 1. The minimum Gasteiger partial charge on any atom is -0.481 e. The highest BCUT2D eigenvalue weighted by Gasteiger charge is 2.35. The summed E-state index contributed by atoms with van der Waals surface area (Å²) in [5.74, 6) is -0.363. The summed E-state index contributed by atoms with van der Waals surface area (Å²) in [7, 11) is 0. The fourth-order valence-electron chi connectivity index (χ4n) is 2.51. The molecule has 0 bridgehead atoms. The van der Waals surface area contributed by atoms with Crippen LogP contribution in [0.25, 0.3) is 0 Å². The largest absolute Gasteiger partial charge is 0.481 e. The van der Waals surface area contributed by atoms with E-state index >= 15 is 0 Å². The summed E-state index contributed by atoms with van der Waals surface area (Å²) in [5.41, 5.74) is -0.252. The third-order valence-corrected chi connectivity index (χ3v) is 5.41. The van der Waals surface area contributed by atoms with Crippen molar-refractivity contribution in [3.05, 3.63) is 12.2 Å². The topological polar surface area (TPSA) is 37.3 Å². The van der Waals surface area contributed by atoms with Crippen molar-refractivity contribution in [2.45, 2.75) is 81.1 Å². The molecule has 21 heavy (non-hydrogen) atoms. The van der Waals surface area contributed by atoms with Crippen molar-refractivity contribution in [1.82, 2.24) is 0 Å². The molecule has 0 fully saturated rings. The Kier molecular flexibility index (Phi) is 7.19. The van der Waals surface area contributed by atoms with Crippen LogP contribution in [0.4, 0.5) is 0 Å². The van der Waals surface area contributed by atoms with Gasteiger partial charge in [0.15, 0.2) is 0 Å². The van der Waals surface area contributed by atoms with Gasteiger partial charge in [0.2, 0.25) is 0 Å². The highest BCUT2D eigenvalue weighted by atomic mass is 16.4. The summed E-state index contributed by atoms with van der Waals surface area (Å²) in [4.78, 5) is 11.3. The van der Waals surface area contributed by atoms with Crippen LogP contribution >= 0.6 is 0 Å². The van der Waals surface area contributed by atoms with E-state index in [0.717, 1.165) is 12.8 Å². The van der Waals surface area contributed by atoms with Crippen molar-refractivity contribution in [2.75, 3.05) is 0 Å². The Balaban J connectivity index is 4.94. The lowest BCUT2D eigenvalue weighted by Crippen LogP contribution is -2.32. The molecular formula is C19H36O2. The normalized spacial score (nSPS) is 17.7. The van der Waals surface area contributed by atoms with Gasteiger partial charge in [0.25, 0.3) is 0 Å². The molecule has 0 rings (SSSR count). The molecule has 0 saturated heterocycles. The van der Waals surface area contributed by atoms with Gasteiger partial charge in [-0.25, -0.2) is 0 Å². The molecule has 1 N–H and O–H groups in total. The van der Waals surface area contributed by atoms with Crippen molar-refractivity contribution in [2.24, 2.45) is 22.2 Å². The summed E-state index contributed by atoms with van der Waals surface area (Å²) in [6, 6.07) is 0. The SMILES string of the molecule is CCC(C)(C)CC=CC(C)(CC)C(C)CC(C)(C)C(=O)O. The summed E-state index contributed by atoms with van der Waals surface area (Å²) in [6.45, 7) is 17.1. The first-order valence-corrected chi connectivity index (χ1v) is 8.31. The number of allylic oxidation sites excluding steroid dienone is 2. The first-order valence-electron chi connectivity index (χ1n) is 8.31. The number of aliphatic carboxylic acids is 1. The van der Waals surface area contributed by atoms with Crippen LogP contribution in [-0.2, 0) is 4.79 Å². The van der Waals surface area contributed by atoms with E-state index in [-0.39, 0.29) is 5.41 Å². The predicted octanol–water partition coefficient (Wildman–Crippen LogP) is 5.92. The zero-order valence-electron chi connectivity index (χ0n) is 15.4. The molecule has 2 nitrogen and oxygen atoms in total. The van der Waals surface area contributed by atoms with Crippen molar-refractivity contribution in [1.29, 1.82) is 0 Å². The van der Waals surface area contributed by atoms with Gasteiger partial charge in [0, 0.05) is 0 Å². The van der Waals surface area contributed by atoms with Gasteiger partial charge in [-0.1, -0.05) is 60.1 Å². The zero-order chi connectivity index (χ0) is 16.9. The second-order valence-electron chi connectivity index (χ2n) is 8.28. The molecule has 0 aromatic heterocycles. The van der Waals surface area contributed by atoms with E-state index in [2.05, 4.69) is 53.7 Å². The monoisotopic (exact) mass is 296 g/mol. The fraction of sp³-hybridized carbons (Fsp3) is 0.842. The van der Waals surface area contributed by atoms with Crippen molar-refractivity contribution in [3.8, 4) is 0 Å². The first kappa shape index (κ1) is 20.2. The van der Waals surface area contributed by atoms with Gasteiger partial charge in [0.1, 0.15) is 0 Å². The lowest BCUT2D eigenvalue weighted by Gasteiger charge is -2.36. The smallest absolute Gasteiger partial charge is 0.309 e. The summed E-state index contributed by atoms with van der Waals surface area (Å²) in [5, 5.41) is 9.33. The van der Waals surface area contributed by atoms with Gasteiger partial charge in [-0.3, -0.25) is 4.79 Å². The minimum absolute atomic E-state index is 0.0660. The molecule has 0 radical (unpaired) electrons. The molecular weight excluding hydrogens is 260 g/mol. The lowest BCUT2D eigenvalue weighted by atomic mass is 9.68. The van der Waals surface area contributed by atoms with Crippen LogP contribution in [0.1, 0.15) is 81.1 Å². The van der Waals surface area contributed by atoms with Crippen molar-refractivity contribution >= 4 is 5.97 Å². The standard InChI is InChI=1S/C19H36O2/c1-9-17(4,5)12-11-13-19(8,10-2)15(3)14-18(6,7)16(20)21/h11,13,15H,9-10,12,14H2,1-8H3,(H,20,21). The predicted molar refractivity (Wildman–Crippen MR) is 91.4 cm³/mol. The van der Waals surface area contributed by atoms with E-state index in [1.165, 1.54) is 6.42 Å². The second-order valence-corrected chi connectivity index (χ2v) is 8.28. The molecule has 0 aliphatic heterocycles. The maximum atomic E-state index is 11.3. The van der Waals surface area contributed by atoms with E-state index < -0.39 is 11.4 Å². The van der Waals surface area contributed by atoms with Gasteiger partial charge in [-0.2, -0.15) is 0 Å². The summed E-state index contributed by atoms with van der Waals surface area (Å²) in [6.07, 6.45) is 8.61.